The van der Waals surface area contributed by atoms with E-state index in [2.05, 4.69) is 30.3 Å². The van der Waals surface area contributed by atoms with E-state index in [-0.39, 0.29) is 0 Å². The minimum atomic E-state index is 0.411. The van der Waals surface area contributed by atoms with Crippen molar-refractivity contribution in [3.8, 4) is 0 Å². The summed E-state index contributed by atoms with van der Waals surface area (Å²) in [5, 5.41) is 3.74. The van der Waals surface area contributed by atoms with Crippen LogP contribution in [0.1, 0.15) is 33.1 Å². The number of hydrogen-bond acceptors (Lipinski definition) is 3. The molecule has 15 heavy (non-hydrogen) atoms. The summed E-state index contributed by atoms with van der Waals surface area (Å²) in [4.78, 5) is 2.62. The number of rotatable bonds is 5. The number of thioether (sulfide) groups is 1. The maximum atomic E-state index is 3.74. The third-order valence-corrected chi connectivity index (χ3v) is 4.71. The standard InChI is InChI=1S/C12H24N2S/c1-12(2,15-3)9-14-7-6-11(8-14)13-10-4-5-10/h10-11,13H,4-9H2,1-3H3. The van der Waals surface area contributed by atoms with Crippen molar-refractivity contribution in [2.75, 3.05) is 25.9 Å². The molecule has 0 amide bonds. The molecule has 0 bridgehead atoms. The van der Waals surface area contributed by atoms with Crippen LogP contribution in [0.5, 0.6) is 0 Å². The van der Waals surface area contributed by atoms with Gasteiger partial charge in [0.2, 0.25) is 0 Å². The summed E-state index contributed by atoms with van der Waals surface area (Å²) < 4.78 is 0.411. The van der Waals surface area contributed by atoms with Crippen LogP contribution in [-0.4, -0.2) is 47.6 Å². The predicted molar refractivity (Wildman–Crippen MR) is 68.6 cm³/mol. The summed E-state index contributed by atoms with van der Waals surface area (Å²) in [6.45, 7) is 8.48. The Kier molecular flexibility index (Phi) is 3.63. The predicted octanol–water partition coefficient (Wildman–Crippen LogP) is 1.95. The molecule has 2 aliphatic rings. The Bertz CT molecular complexity index is 214. The largest absolute Gasteiger partial charge is 0.310 e. The van der Waals surface area contributed by atoms with E-state index < -0.39 is 0 Å². The highest BCUT2D eigenvalue weighted by molar-refractivity contribution is 7.99. The molecular formula is C12H24N2S. The normalized spacial score (nSPS) is 28.6. The second kappa shape index (κ2) is 4.64. The molecule has 0 aromatic heterocycles. The van der Waals surface area contributed by atoms with E-state index in [4.69, 9.17) is 0 Å². The molecule has 3 heteroatoms. The van der Waals surface area contributed by atoms with E-state index in [1.807, 2.05) is 11.8 Å². The van der Waals surface area contributed by atoms with Gasteiger partial charge in [-0.05, 0) is 45.9 Å². The third kappa shape index (κ3) is 3.65. The van der Waals surface area contributed by atoms with Gasteiger partial charge in [-0.1, -0.05) is 0 Å². The Labute approximate surface area is 98.2 Å². The Balaban J connectivity index is 1.71. The number of likely N-dealkylation sites (tertiary alicyclic amines) is 1. The summed E-state index contributed by atoms with van der Waals surface area (Å²) in [6, 6.07) is 1.64. The first-order chi connectivity index (χ1) is 7.09. The molecule has 1 N–H and O–H groups in total. The topological polar surface area (TPSA) is 15.3 Å². The van der Waals surface area contributed by atoms with Crippen LogP contribution in [0, 0.1) is 0 Å². The molecule has 2 fully saturated rings. The molecule has 1 heterocycles. The molecule has 1 unspecified atom stereocenters. The quantitative estimate of drug-likeness (QED) is 0.774. The Hall–Kier alpha value is 0.270. The first kappa shape index (κ1) is 11.7. The van der Waals surface area contributed by atoms with Gasteiger partial charge in [-0.3, -0.25) is 0 Å². The number of nitrogens with one attached hydrogen (secondary N) is 1. The molecule has 88 valence electrons. The maximum Gasteiger partial charge on any atom is 0.0227 e. The van der Waals surface area contributed by atoms with Gasteiger partial charge in [0.05, 0.1) is 0 Å². The van der Waals surface area contributed by atoms with Crippen molar-refractivity contribution >= 4 is 11.8 Å². The van der Waals surface area contributed by atoms with Gasteiger partial charge in [-0.25, -0.2) is 0 Å². The monoisotopic (exact) mass is 228 g/mol. The molecule has 1 saturated heterocycles. The fourth-order valence-electron chi connectivity index (χ4n) is 2.30. The second-order valence-electron chi connectivity index (χ2n) is 5.63. The zero-order chi connectivity index (χ0) is 10.9. The van der Waals surface area contributed by atoms with Crippen molar-refractivity contribution in [1.29, 1.82) is 0 Å². The molecule has 0 spiro atoms. The van der Waals surface area contributed by atoms with Crippen LogP contribution >= 0.6 is 11.8 Å². The van der Waals surface area contributed by atoms with Crippen LogP contribution in [0.25, 0.3) is 0 Å². The Morgan fingerprint density at radius 2 is 2.00 bits per heavy atom. The maximum absolute atomic E-state index is 3.74. The van der Waals surface area contributed by atoms with E-state index in [1.165, 1.54) is 38.9 Å². The highest BCUT2D eigenvalue weighted by Crippen LogP contribution is 2.26. The lowest BCUT2D eigenvalue weighted by Crippen LogP contribution is -2.38. The van der Waals surface area contributed by atoms with Crippen LogP contribution in [0.3, 0.4) is 0 Å². The lowest BCUT2D eigenvalue weighted by atomic mass is 10.2. The van der Waals surface area contributed by atoms with Gasteiger partial charge >= 0.3 is 0 Å². The van der Waals surface area contributed by atoms with Gasteiger partial charge in [0.15, 0.2) is 0 Å². The molecule has 1 atom stereocenters. The zero-order valence-corrected chi connectivity index (χ0v) is 11.1. The molecule has 1 aliphatic heterocycles. The minimum Gasteiger partial charge on any atom is -0.310 e. The van der Waals surface area contributed by atoms with E-state index >= 15 is 0 Å². The third-order valence-electron chi connectivity index (χ3n) is 3.48. The van der Waals surface area contributed by atoms with E-state index in [0.717, 1.165) is 12.1 Å². The summed E-state index contributed by atoms with van der Waals surface area (Å²) >= 11 is 1.98. The van der Waals surface area contributed by atoms with E-state index in [0.29, 0.717) is 4.75 Å². The van der Waals surface area contributed by atoms with Crippen LogP contribution in [0.2, 0.25) is 0 Å². The summed E-state index contributed by atoms with van der Waals surface area (Å²) in [7, 11) is 0. The summed E-state index contributed by atoms with van der Waals surface area (Å²) in [5.74, 6) is 0. The fourth-order valence-corrected chi connectivity index (χ4v) is 2.61. The average Bonchev–Trinajstić information content (AvgIpc) is 2.88. The molecule has 2 nitrogen and oxygen atoms in total. The van der Waals surface area contributed by atoms with Gasteiger partial charge in [-0.15, -0.1) is 0 Å². The van der Waals surface area contributed by atoms with Crippen molar-refractivity contribution in [3.05, 3.63) is 0 Å². The van der Waals surface area contributed by atoms with Crippen molar-refractivity contribution < 1.29 is 0 Å². The first-order valence-corrected chi connectivity index (χ1v) is 7.35. The van der Waals surface area contributed by atoms with Gasteiger partial charge in [-0.2, -0.15) is 11.8 Å². The Morgan fingerprint density at radius 1 is 1.27 bits per heavy atom. The molecule has 0 radical (unpaired) electrons. The van der Waals surface area contributed by atoms with Gasteiger partial charge in [0.1, 0.15) is 0 Å². The highest BCUT2D eigenvalue weighted by Gasteiger charge is 2.31. The number of nitrogens with zero attached hydrogens (tertiary/aromatic N) is 1. The fraction of sp³-hybridized carbons (Fsp3) is 1.00. The van der Waals surface area contributed by atoms with Gasteiger partial charge in [0, 0.05) is 29.9 Å². The van der Waals surface area contributed by atoms with Gasteiger partial charge < -0.3 is 10.2 Å². The van der Waals surface area contributed by atoms with Crippen LogP contribution in [0.15, 0.2) is 0 Å². The van der Waals surface area contributed by atoms with Crippen LogP contribution < -0.4 is 5.32 Å². The summed E-state index contributed by atoms with van der Waals surface area (Å²) in [6.07, 6.45) is 6.39. The molecule has 0 aromatic rings. The van der Waals surface area contributed by atoms with Crippen molar-refractivity contribution in [3.63, 3.8) is 0 Å². The van der Waals surface area contributed by atoms with Crippen LogP contribution in [0.4, 0.5) is 0 Å². The first-order valence-electron chi connectivity index (χ1n) is 6.12. The molecular weight excluding hydrogens is 204 g/mol. The second-order valence-corrected chi connectivity index (χ2v) is 7.14. The van der Waals surface area contributed by atoms with Gasteiger partial charge in [0.25, 0.3) is 0 Å². The van der Waals surface area contributed by atoms with Crippen LogP contribution in [-0.2, 0) is 0 Å². The van der Waals surface area contributed by atoms with E-state index in [1.54, 1.807) is 0 Å². The summed E-state index contributed by atoms with van der Waals surface area (Å²) in [5.41, 5.74) is 0. The lowest BCUT2D eigenvalue weighted by molar-refractivity contribution is 0.304. The van der Waals surface area contributed by atoms with Crippen molar-refractivity contribution in [2.24, 2.45) is 0 Å². The number of hydrogen-bond donors (Lipinski definition) is 1. The Morgan fingerprint density at radius 3 is 2.60 bits per heavy atom. The van der Waals surface area contributed by atoms with E-state index in [9.17, 15) is 0 Å². The smallest absolute Gasteiger partial charge is 0.0227 e. The van der Waals surface area contributed by atoms with Crippen molar-refractivity contribution in [2.45, 2.75) is 49.9 Å². The average molecular weight is 228 g/mol. The molecule has 2 rings (SSSR count). The SMILES string of the molecule is CSC(C)(C)CN1CCC(NC2CC2)C1. The lowest BCUT2D eigenvalue weighted by Gasteiger charge is -2.28. The molecule has 1 aliphatic carbocycles. The minimum absolute atomic E-state index is 0.411. The molecule has 1 saturated carbocycles. The zero-order valence-electron chi connectivity index (χ0n) is 10.3. The molecule has 0 aromatic carbocycles. The van der Waals surface area contributed by atoms with Crippen molar-refractivity contribution in [1.82, 2.24) is 10.2 Å². The highest BCUT2D eigenvalue weighted by atomic mass is 32.2.